The number of amides is 1. The molecule has 3 nitrogen and oxygen atoms in total. The molecule has 1 aromatic rings. The summed E-state index contributed by atoms with van der Waals surface area (Å²) in [6, 6.07) is 7.03. The maximum absolute atomic E-state index is 12.1. The van der Waals surface area contributed by atoms with Gasteiger partial charge in [0.1, 0.15) is 0 Å². The van der Waals surface area contributed by atoms with Crippen LogP contribution in [0.2, 0.25) is 5.02 Å². The van der Waals surface area contributed by atoms with Gasteiger partial charge in [0.2, 0.25) is 0 Å². The number of hydrogen-bond donors (Lipinski definition) is 0. The summed E-state index contributed by atoms with van der Waals surface area (Å²) in [7, 11) is 1.67. The molecular weight excluding hydrogens is 304 g/mol. The van der Waals surface area contributed by atoms with Crippen molar-refractivity contribution in [1.82, 2.24) is 4.90 Å². The first-order chi connectivity index (χ1) is 7.97. The van der Waals surface area contributed by atoms with Crippen molar-refractivity contribution in [2.45, 2.75) is 19.4 Å². The van der Waals surface area contributed by atoms with Crippen LogP contribution in [-0.2, 0) is 0 Å². The Hall–Kier alpha value is -1.05. The molecular formula is C12H12BrClN2O. The fraction of sp³-hybridized carbons (Fsp3) is 0.333. The second-order valence-electron chi connectivity index (χ2n) is 3.75. The van der Waals surface area contributed by atoms with Crippen LogP contribution in [-0.4, -0.2) is 23.9 Å². The van der Waals surface area contributed by atoms with Gasteiger partial charge >= 0.3 is 0 Å². The van der Waals surface area contributed by atoms with Gasteiger partial charge in [-0.2, -0.15) is 5.26 Å². The topological polar surface area (TPSA) is 44.1 Å². The van der Waals surface area contributed by atoms with Crippen molar-refractivity contribution in [3.63, 3.8) is 0 Å². The number of rotatable bonds is 3. The number of nitrogens with zero attached hydrogens (tertiary/aromatic N) is 2. The first-order valence-corrected chi connectivity index (χ1v) is 6.23. The molecule has 1 rings (SSSR count). The van der Waals surface area contributed by atoms with E-state index in [2.05, 4.69) is 15.9 Å². The molecule has 0 aliphatic carbocycles. The zero-order valence-electron chi connectivity index (χ0n) is 9.58. The molecule has 0 saturated carbocycles. The van der Waals surface area contributed by atoms with Gasteiger partial charge in [-0.15, -0.1) is 0 Å². The summed E-state index contributed by atoms with van der Waals surface area (Å²) in [5.41, 5.74) is 0.446. The lowest BCUT2D eigenvalue weighted by molar-refractivity contribution is 0.0746. The van der Waals surface area contributed by atoms with Crippen LogP contribution in [0.3, 0.4) is 0 Å². The van der Waals surface area contributed by atoms with Gasteiger partial charge in [0.05, 0.1) is 23.1 Å². The molecule has 0 saturated heterocycles. The van der Waals surface area contributed by atoms with E-state index in [0.717, 1.165) is 4.47 Å². The zero-order chi connectivity index (χ0) is 13.0. The number of benzene rings is 1. The summed E-state index contributed by atoms with van der Waals surface area (Å²) >= 11 is 9.29. The molecule has 17 heavy (non-hydrogen) atoms. The fourth-order valence-electron chi connectivity index (χ4n) is 1.32. The van der Waals surface area contributed by atoms with E-state index in [1.54, 1.807) is 25.2 Å². The number of carbonyl (C=O) groups excluding carboxylic acids is 1. The van der Waals surface area contributed by atoms with Crippen LogP contribution in [0.15, 0.2) is 22.7 Å². The fourth-order valence-corrected chi connectivity index (χ4v) is 2.08. The lowest BCUT2D eigenvalue weighted by Crippen LogP contribution is -2.34. The molecule has 5 heteroatoms. The smallest absolute Gasteiger partial charge is 0.255 e. The minimum atomic E-state index is -0.176. The molecule has 1 aromatic carbocycles. The van der Waals surface area contributed by atoms with Crippen LogP contribution < -0.4 is 0 Å². The van der Waals surface area contributed by atoms with E-state index in [-0.39, 0.29) is 11.9 Å². The van der Waals surface area contributed by atoms with E-state index in [1.165, 1.54) is 4.90 Å². The van der Waals surface area contributed by atoms with Crippen LogP contribution in [0.4, 0.5) is 0 Å². The molecule has 0 aliphatic rings. The Labute approximate surface area is 114 Å². The second-order valence-corrected chi connectivity index (χ2v) is 5.07. The minimum Gasteiger partial charge on any atom is -0.338 e. The van der Waals surface area contributed by atoms with E-state index in [9.17, 15) is 4.79 Å². The molecule has 0 radical (unpaired) electrons. The Morgan fingerprint density at radius 2 is 2.29 bits per heavy atom. The van der Waals surface area contributed by atoms with Gasteiger partial charge in [0.25, 0.3) is 5.91 Å². The highest BCUT2D eigenvalue weighted by molar-refractivity contribution is 9.10. The van der Waals surface area contributed by atoms with E-state index in [0.29, 0.717) is 17.0 Å². The van der Waals surface area contributed by atoms with Gasteiger partial charge in [0, 0.05) is 17.6 Å². The molecule has 0 bridgehead atoms. The summed E-state index contributed by atoms with van der Waals surface area (Å²) < 4.78 is 0.826. The van der Waals surface area contributed by atoms with Gasteiger partial charge < -0.3 is 4.90 Å². The highest BCUT2D eigenvalue weighted by atomic mass is 79.9. The summed E-state index contributed by atoms with van der Waals surface area (Å²) in [5.74, 6) is -0.176. The van der Waals surface area contributed by atoms with Crippen molar-refractivity contribution >= 4 is 33.4 Å². The van der Waals surface area contributed by atoms with Gasteiger partial charge in [-0.3, -0.25) is 4.79 Å². The summed E-state index contributed by atoms with van der Waals surface area (Å²) in [4.78, 5) is 13.6. The van der Waals surface area contributed by atoms with E-state index in [1.807, 2.05) is 13.0 Å². The predicted molar refractivity (Wildman–Crippen MR) is 70.9 cm³/mol. The summed E-state index contributed by atoms with van der Waals surface area (Å²) in [6.07, 6.45) is 0.302. The third kappa shape index (κ3) is 3.45. The first kappa shape index (κ1) is 14.0. The van der Waals surface area contributed by atoms with Crippen molar-refractivity contribution in [2.75, 3.05) is 7.05 Å². The molecule has 0 aromatic heterocycles. The Morgan fingerprint density at radius 3 is 2.82 bits per heavy atom. The number of hydrogen-bond acceptors (Lipinski definition) is 2. The molecule has 1 amide bonds. The Balaban J connectivity index is 2.93. The van der Waals surface area contributed by atoms with Crippen LogP contribution in [0.25, 0.3) is 0 Å². The number of halogens is 2. The third-order valence-electron chi connectivity index (χ3n) is 2.53. The van der Waals surface area contributed by atoms with Crippen molar-refractivity contribution in [3.05, 3.63) is 33.3 Å². The molecule has 90 valence electrons. The van der Waals surface area contributed by atoms with Crippen LogP contribution >= 0.6 is 27.5 Å². The second kappa shape index (κ2) is 6.04. The largest absolute Gasteiger partial charge is 0.338 e. The quantitative estimate of drug-likeness (QED) is 0.857. The van der Waals surface area contributed by atoms with Crippen LogP contribution in [0, 0.1) is 11.3 Å². The number of carbonyl (C=O) groups is 1. The van der Waals surface area contributed by atoms with Crippen LogP contribution in [0.1, 0.15) is 23.7 Å². The molecule has 0 spiro atoms. The van der Waals surface area contributed by atoms with Crippen LogP contribution in [0.5, 0.6) is 0 Å². The van der Waals surface area contributed by atoms with E-state index >= 15 is 0 Å². The van der Waals surface area contributed by atoms with Crippen molar-refractivity contribution < 1.29 is 4.79 Å². The molecule has 1 unspecified atom stereocenters. The average molecular weight is 316 g/mol. The molecule has 0 fully saturated rings. The zero-order valence-corrected chi connectivity index (χ0v) is 11.9. The molecule has 0 aliphatic heterocycles. The monoisotopic (exact) mass is 314 g/mol. The van der Waals surface area contributed by atoms with Gasteiger partial charge in [-0.25, -0.2) is 0 Å². The maximum Gasteiger partial charge on any atom is 0.255 e. The highest BCUT2D eigenvalue weighted by Crippen LogP contribution is 2.23. The predicted octanol–water partition coefficient (Wildman–Crippen LogP) is 3.48. The van der Waals surface area contributed by atoms with Crippen molar-refractivity contribution in [2.24, 2.45) is 0 Å². The Bertz CT molecular complexity index is 470. The average Bonchev–Trinajstić information content (AvgIpc) is 2.27. The standard InChI is InChI=1S/C12H12BrClN2O/c1-8(5-6-15)16(2)12(17)10-4-3-9(13)7-11(10)14/h3-4,7-8H,5H2,1-2H3. The number of nitriles is 1. The minimum absolute atomic E-state index is 0.132. The SMILES string of the molecule is CC(CC#N)N(C)C(=O)c1ccc(Br)cc1Cl. The highest BCUT2D eigenvalue weighted by Gasteiger charge is 2.19. The molecule has 0 heterocycles. The van der Waals surface area contributed by atoms with Gasteiger partial charge in [-0.1, -0.05) is 27.5 Å². The maximum atomic E-state index is 12.1. The summed E-state index contributed by atoms with van der Waals surface area (Å²) in [6.45, 7) is 1.83. The first-order valence-electron chi connectivity index (χ1n) is 5.06. The van der Waals surface area contributed by atoms with Gasteiger partial charge in [0.15, 0.2) is 0 Å². The third-order valence-corrected chi connectivity index (χ3v) is 3.34. The molecule has 1 atom stereocenters. The lowest BCUT2D eigenvalue weighted by atomic mass is 10.1. The molecule has 0 N–H and O–H groups in total. The Kier molecular flexibility index (Phi) is 4.98. The van der Waals surface area contributed by atoms with Crippen molar-refractivity contribution in [1.29, 1.82) is 5.26 Å². The van der Waals surface area contributed by atoms with Gasteiger partial charge in [-0.05, 0) is 25.1 Å². The Morgan fingerprint density at radius 1 is 1.65 bits per heavy atom. The van der Waals surface area contributed by atoms with E-state index < -0.39 is 0 Å². The summed E-state index contributed by atoms with van der Waals surface area (Å²) in [5, 5.41) is 9.01. The van der Waals surface area contributed by atoms with Crippen molar-refractivity contribution in [3.8, 4) is 6.07 Å². The van der Waals surface area contributed by atoms with E-state index in [4.69, 9.17) is 16.9 Å². The normalized spacial score (nSPS) is 11.7. The lowest BCUT2D eigenvalue weighted by Gasteiger charge is -2.23.